The molecule has 0 aliphatic rings. The lowest BCUT2D eigenvalue weighted by Crippen LogP contribution is -2.29. The fraction of sp³-hybridized carbons (Fsp3) is 0.615. The third-order valence-corrected chi connectivity index (χ3v) is 3.79. The lowest BCUT2D eigenvalue weighted by Gasteiger charge is -2.24. The largest absolute Gasteiger partial charge is 0.396 e. The molecule has 0 saturated carbocycles. The summed E-state index contributed by atoms with van der Waals surface area (Å²) in [5.41, 5.74) is 5.96. The van der Waals surface area contributed by atoms with Crippen molar-refractivity contribution in [2.75, 3.05) is 13.2 Å². The normalized spacial score (nSPS) is 11.7. The van der Waals surface area contributed by atoms with Crippen LogP contribution in [-0.2, 0) is 6.54 Å². The number of nitrogens with two attached hydrogens (primary N) is 1. The fourth-order valence-corrected chi connectivity index (χ4v) is 2.62. The van der Waals surface area contributed by atoms with E-state index in [1.54, 1.807) is 16.7 Å². The number of hydrogen-bond donors (Lipinski definition) is 3. The van der Waals surface area contributed by atoms with E-state index in [4.69, 9.17) is 10.8 Å². The smallest absolute Gasteiger partial charge is 0.249 e. The highest BCUT2D eigenvalue weighted by Crippen LogP contribution is 2.21. The number of thiophene rings is 1. The van der Waals surface area contributed by atoms with Crippen LogP contribution in [0, 0.1) is 5.41 Å². The molecule has 0 saturated heterocycles. The number of amides is 1. The van der Waals surface area contributed by atoms with Gasteiger partial charge in [0.25, 0.3) is 0 Å². The van der Waals surface area contributed by atoms with Gasteiger partial charge < -0.3 is 16.2 Å². The van der Waals surface area contributed by atoms with Gasteiger partial charge in [0, 0.05) is 30.0 Å². The van der Waals surface area contributed by atoms with Crippen molar-refractivity contribution in [3.63, 3.8) is 0 Å². The molecule has 5 heteroatoms. The number of hydrogen-bond acceptors (Lipinski definition) is 4. The molecule has 0 spiro atoms. The first kappa shape index (κ1) is 15.1. The quantitative estimate of drug-likeness (QED) is 0.673. The van der Waals surface area contributed by atoms with Crippen molar-refractivity contribution in [2.24, 2.45) is 11.1 Å². The average molecular weight is 270 g/mol. The summed E-state index contributed by atoms with van der Waals surface area (Å²) in [5.74, 6) is -0.374. The third kappa shape index (κ3) is 5.16. The molecule has 1 aromatic heterocycles. The molecule has 1 rings (SSSR count). The third-order valence-electron chi connectivity index (χ3n) is 2.85. The van der Waals surface area contributed by atoms with Gasteiger partial charge in [-0.3, -0.25) is 4.79 Å². The first-order valence-electron chi connectivity index (χ1n) is 6.13. The maximum Gasteiger partial charge on any atom is 0.249 e. The summed E-state index contributed by atoms with van der Waals surface area (Å²) in [5, 5.41) is 14.0. The topological polar surface area (TPSA) is 75.3 Å². The Balaban J connectivity index is 2.34. The molecule has 0 bridgehead atoms. The molecule has 1 amide bonds. The lowest BCUT2D eigenvalue weighted by molar-refractivity contribution is 0.100. The molecule has 1 heterocycles. The molecule has 4 N–H and O–H groups in total. The number of nitrogens with one attached hydrogen (secondary N) is 1. The molecule has 0 radical (unpaired) electrons. The fourth-order valence-electron chi connectivity index (χ4n) is 1.77. The zero-order valence-electron chi connectivity index (χ0n) is 11.0. The van der Waals surface area contributed by atoms with Gasteiger partial charge in [-0.15, -0.1) is 11.3 Å². The summed E-state index contributed by atoms with van der Waals surface area (Å²) < 4.78 is 0. The molecule has 0 atom stereocenters. The summed E-state index contributed by atoms with van der Waals surface area (Å²) in [7, 11) is 0. The molecule has 4 nitrogen and oxygen atoms in total. The van der Waals surface area contributed by atoms with Gasteiger partial charge in [-0.05, 0) is 24.3 Å². The number of aliphatic hydroxyl groups is 1. The summed E-state index contributed by atoms with van der Waals surface area (Å²) in [4.78, 5) is 12.1. The van der Waals surface area contributed by atoms with Crippen LogP contribution in [0.4, 0.5) is 0 Å². The van der Waals surface area contributed by atoms with E-state index in [1.807, 2.05) is 6.07 Å². The summed E-state index contributed by atoms with van der Waals surface area (Å²) >= 11 is 1.54. The van der Waals surface area contributed by atoms with Gasteiger partial charge in [0.15, 0.2) is 0 Å². The minimum Gasteiger partial charge on any atom is -0.396 e. The van der Waals surface area contributed by atoms with E-state index in [0.29, 0.717) is 5.56 Å². The number of primary amides is 1. The first-order chi connectivity index (χ1) is 8.44. The SMILES string of the molecule is CC(C)(CCCO)CNCc1cc(C(N)=O)cs1. The van der Waals surface area contributed by atoms with E-state index in [2.05, 4.69) is 19.2 Å². The highest BCUT2D eigenvalue weighted by Gasteiger charge is 2.16. The highest BCUT2D eigenvalue weighted by atomic mass is 32.1. The van der Waals surface area contributed by atoms with Gasteiger partial charge in [-0.25, -0.2) is 0 Å². The molecular formula is C13H22N2O2S. The predicted molar refractivity (Wildman–Crippen MR) is 74.6 cm³/mol. The van der Waals surface area contributed by atoms with Gasteiger partial charge in [0.05, 0.1) is 5.56 Å². The Kier molecular flexibility index (Phi) is 5.78. The maximum atomic E-state index is 11.0. The summed E-state index contributed by atoms with van der Waals surface area (Å²) in [6, 6.07) is 1.83. The van der Waals surface area contributed by atoms with Gasteiger partial charge in [-0.1, -0.05) is 13.8 Å². The number of carbonyl (C=O) groups excluding carboxylic acids is 1. The second kappa shape index (κ2) is 6.87. The van der Waals surface area contributed by atoms with Crippen molar-refractivity contribution in [1.82, 2.24) is 5.32 Å². The Bertz CT molecular complexity index is 388. The van der Waals surface area contributed by atoms with Crippen LogP contribution in [0.3, 0.4) is 0 Å². The second-order valence-corrected chi connectivity index (χ2v) is 6.26. The van der Waals surface area contributed by atoms with E-state index in [-0.39, 0.29) is 17.9 Å². The van der Waals surface area contributed by atoms with Crippen LogP contribution in [0.15, 0.2) is 11.4 Å². The highest BCUT2D eigenvalue weighted by molar-refractivity contribution is 7.10. The van der Waals surface area contributed by atoms with E-state index in [1.165, 1.54) is 0 Å². The minimum atomic E-state index is -0.374. The van der Waals surface area contributed by atoms with Gasteiger partial charge in [-0.2, -0.15) is 0 Å². The van der Waals surface area contributed by atoms with Crippen LogP contribution in [-0.4, -0.2) is 24.2 Å². The molecule has 0 aromatic carbocycles. The van der Waals surface area contributed by atoms with Crippen molar-refractivity contribution < 1.29 is 9.90 Å². The van der Waals surface area contributed by atoms with Crippen molar-refractivity contribution in [3.8, 4) is 0 Å². The Morgan fingerprint density at radius 3 is 2.83 bits per heavy atom. The zero-order chi connectivity index (χ0) is 13.6. The Hall–Kier alpha value is -0.910. The first-order valence-corrected chi connectivity index (χ1v) is 7.01. The van der Waals surface area contributed by atoms with Crippen molar-refractivity contribution >= 4 is 17.2 Å². The average Bonchev–Trinajstić information content (AvgIpc) is 2.75. The molecule has 1 aromatic rings. The maximum absolute atomic E-state index is 11.0. The van der Waals surface area contributed by atoms with E-state index in [9.17, 15) is 4.79 Å². The van der Waals surface area contributed by atoms with Crippen LogP contribution in [0.1, 0.15) is 41.9 Å². The predicted octanol–water partition coefficient (Wildman–Crippen LogP) is 1.74. The van der Waals surface area contributed by atoms with Crippen LogP contribution >= 0.6 is 11.3 Å². The van der Waals surface area contributed by atoms with E-state index < -0.39 is 0 Å². The van der Waals surface area contributed by atoms with E-state index in [0.717, 1.165) is 30.8 Å². The van der Waals surface area contributed by atoms with Crippen LogP contribution in [0.25, 0.3) is 0 Å². The molecular weight excluding hydrogens is 248 g/mol. The molecule has 0 aliphatic carbocycles. The molecule has 18 heavy (non-hydrogen) atoms. The minimum absolute atomic E-state index is 0.173. The zero-order valence-corrected chi connectivity index (χ0v) is 11.8. The van der Waals surface area contributed by atoms with Gasteiger partial charge in [0.2, 0.25) is 5.91 Å². The van der Waals surface area contributed by atoms with E-state index >= 15 is 0 Å². The van der Waals surface area contributed by atoms with Crippen LogP contribution in [0.2, 0.25) is 0 Å². The number of carbonyl (C=O) groups is 1. The van der Waals surface area contributed by atoms with Crippen molar-refractivity contribution in [3.05, 3.63) is 21.9 Å². The molecule has 0 unspecified atom stereocenters. The van der Waals surface area contributed by atoms with Crippen molar-refractivity contribution in [2.45, 2.75) is 33.2 Å². The molecule has 102 valence electrons. The molecule has 0 aliphatic heterocycles. The Labute approximate surface area is 112 Å². The Morgan fingerprint density at radius 1 is 1.56 bits per heavy atom. The molecule has 0 fully saturated rings. The second-order valence-electron chi connectivity index (χ2n) is 5.26. The van der Waals surface area contributed by atoms with Gasteiger partial charge >= 0.3 is 0 Å². The standard InChI is InChI=1S/C13H22N2O2S/c1-13(2,4-3-5-16)9-15-7-11-6-10(8-18-11)12(14)17/h6,8,15-16H,3-5,7,9H2,1-2H3,(H2,14,17). The van der Waals surface area contributed by atoms with Crippen LogP contribution < -0.4 is 11.1 Å². The van der Waals surface area contributed by atoms with Crippen LogP contribution in [0.5, 0.6) is 0 Å². The van der Waals surface area contributed by atoms with Crippen molar-refractivity contribution in [1.29, 1.82) is 0 Å². The monoisotopic (exact) mass is 270 g/mol. The lowest BCUT2D eigenvalue weighted by atomic mass is 9.88. The summed E-state index contributed by atoms with van der Waals surface area (Å²) in [6.45, 7) is 6.24. The number of aliphatic hydroxyl groups excluding tert-OH is 1. The summed E-state index contributed by atoms with van der Waals surface area (Å²) in [6.07, 6.45) is 1.83. The van der Waals surface area contributed by atoms with Gasteiger partial charge in [0.1, 0.15) is 0 Å². The Morgan fingerprint density at radius 2 is 2.28 bits per heavy atom. The number of rotatable bonds is 8.